The Morgan fingerprint density at radius 3 is 2.21 bits per heavy atom. The van der Waals surface area contributed by atoms with Gasteiger partial charge < -0.3 is 19.7 Å². The molecule has 0 aliphatic rings. The summed E-state index contributed by atoms with van der Waals surface area (Å²) >= 11 is 5.29. The van der Waals surface area contributed by atoms with E-state index in [1.54, 1.807) is 37.4 Å². The van der Waals surface area contributed by atoms with E-state index < -0.39 is 6.36 Å². The van der Waals surface area contributed by atoms with Crippen molar-refractivity contribution in [2.75, 3.05) is 21.3 Å². The molecular weight excluding hydrogens is 407 g/mol. The summed E-state index contributed by atoms with van der Waals surface area (Å²) < 4.78 is 41.8. The number of likely N-dealkylation sites (N-methyl/N-ethyl adjacent to an activating group) is 1. The molecule has 0 saturated carbocycles. The van der Waals surface area contributed by atoms with E-state index in [9.17, 15) is 13.2 Å². The highest BCUT2D eigenvalue weighted by molar-refractivity contribution is 7.82. The number of hydrogen-bond donors (Lipinski definition) is 1. The quantitative estimate of drug-likeness (QED) is 0.414. The molecule has 0 saturated heterocycles. The molecule has 2 aromatic rings. The Morgan fingerprint density at radius 1 is 0.966 bits per heavy atom. The second kappa shape index (κ2) is 9.87. The van der Waals surface area contributed by atoms with Gasteiger partial charge in [-0.15, -0.1) is 13.2 Å². The maximum absolute atomic E-state index is 12.6. The standard InChI is InChI=1S/C19H18F3N3O3S/c1-23-18(29)17(25-27-3)15-10-5-4-9-14(15)16(24-26-2)12-7-6-8-13(11-12)28-19(20,21)22/h4-11H,1-3H3,(H,23,29). The van der Waals surface area contributed by atoms with Gasteiger partial charge in [0, 0.05) is 23.7 Å². The van der Waals surface area contributed by atoms with E-state index in [0.29, 0.717) is 27.4 Å². The van der Waals surface area contributed by atoms with Gasteiger partial charge in [0.1, 0.15) is 36.4 Å². The number of ether oxygens (including phenoxy) is 1. The highest BCUT2D eigenvalue weighted by Crippen LogP contribution is 2.25. The topological polar surface area (TPSA) is 64.4 Å². The molecule has 0 unspecified atom stereocenters. The van der Waals surface area contributed by atoms with Gasteiger partial charge in [-0.05, 0) is 12.1 Å². The Bertz CT molecular complexity index is 930. The number of halogens is 3. The lowest BCUT2D eigenvalue weighted by Crippen LogP contribution is -2.28. The summed E-state index contributed by atoms with van der Waals surface area (Å²) in [6.07, 6.45) is -4.81. The number of oxime groups is 2. The molecule has 10 heteroatoms. The maximum atomic E-state index is 12.6. The Labute approximate surface area is 170 Å². The van der Waals surface area contributed by atoms with Crippen LogP contribution < -0.4 is 10.1 Å². The van der Waals surface area contributed by atoms with Crippen molar-refractivity contribution in [1.82, 2.24) is 5.32 Å². The van der Waals surface area contributed by atoms with Gasteiger partial charge in [0.2, 0.25) is 0 Å². The van der Waals surface area contributed by atoms with Crippen molar-refractivity contribution in [1.29, 1.82) is 0 Å². The number of nitrogens with one attached hydrogen (secondary N) is 1. The average molecular weight is 425 g/mol. The van der Waals surface area contributed by atoms with Crippen molar-refractivity contribution in [3.63, 3.8) is 0 Å². The molecule has 154 valence electrons. The summed E-state index contributed by atoms with van der Waals surface area (Å²) in [5.41, 5.74) is 2.00. The van der Waals surface area contributed by atoms with E-state index in [4.69, 9.17) is 21.9 Å². The van der Waals surface area contributed by atoms with Crippen molar-refractivity contribution in [3.05, 3.63) is 65.2 Å². The third kappa shape index (κ3) is 5.92. The van der Waals surface area contributed by atoms with Crippen LogP contribution in [0, 0.1) is 0 Å². The monoisotopic (exact) mass is 425 g/mol. The molecule has 29 heavy (non-hydrogen) atoms. The maximum Gasteiger partial charge on any atom is 0.573 e. The third-order valence-corrected chi connectivity index (χ3v) is 3.98. The van der Waals surface area contributed by atoms with E-state index in [0.717, 1.165) is 0 Å². The van der Waals surface area contributed by atoms with Crippen molar-refractivity contribution < 1.29 is 27.6 Å². The van der Waals surface area contributed by atoms with Crippen LogP contribution in [-0.4, -0.2) is 44.0 Å². The minimum absolute atomic E-state index is 0.262. The number of rotatable bonds is 7. The fraction of sp³-hybridized carbons (Fsp3) is 0.211. The van der Waals surface area contributed by atoms with Crippen molar-refractivity contribution in [3.8, 4) is 5.75 Å². The summed E-state index contributed by atoms with van der Waals surface area (Å²) in [4.78, 5) is 10.2. The molecule has 0 fully saturated rings. The first kappa shape index (κ1) is 22.2. The third-order valence-electron chi connectivity index (χ3n) is 3.59. The predicted octanol–water partition coefficient (Wildman–Crippen LogP) is 3.88. The van der Waals surface area contributed by atoms with Crippen LogP contribution in [0.25, 0.3) is 0 Å². The van der Waals surface area contributed by atoms with Crippen LogP contribution in [0.5, 0.6) is 5.75 Å². The lowest BCUT2D eigenvalue weighted by atomic mass is 9.94. The van der Waals surface area contributed by atoms with Gasteiger partial charge >= 0.3 is 6.36 Å². The number of alkyl halides is 3. The second-order valence-corrected chi connectivity index (χ2v) is 5.85. The first-order valence-corrected chi connectivity index (χ1v) is 8.62. The summed E-state index contributed by atoms with van der Waals surface area (Å²) in [7, 11) is 4.35. The molecular formula is C19H18F3N3O3S. The van der Waals surface area contributed by atoms with Gasteiger partial charge in [-0.1, -0.05) is 58.9 Å². The highest BCUT2D eigenvalue weighted by atomic mass is 32.1. The first-order valence-electron chi connectivity index (χ1n) is 8.21. The Kier molecular flexibility index (Phi) is 7.54. The minimum Gasteiger partial charge on any atom is -0.406 e. The zero-order valence-electron chi connectivity index (χ0n) is 15.8. The smallest absolute Gasteiger partial charge is 0.406 e. The van der Waals surface area contributed by atoms with Gasteiger partial charge in [0.25, 0.3) is 0 Å². The lowest BCUT2D eigenvalue weighted by Gasteiger charge is -2.15. The molecule has 0 aromatic heterocycles. The van der Waals surface area contributed by atoms with Crippen LogP contribution in [0.3, 0.4) is 0 Å². The molecule has 0 radical (unpaired) electrons. The Morgan fingerprint density at radius 2 is 1.62 bits per heavy atom. The Balaban J connectivity index is 2.62. The molecule has 0 spiro atoms. The average Bonchev–Trinajstić information content (AvgIpc) is 2.69. The zero-order valence-corrected chi connectivity index (χ0v) is 16.6. The normalized spacial score (nSPS) is 12.3. The van der Waals surface area contributed by atoms with Crippen molar-refractivity contribution >= 4 is 28.6 Å². The SMILES string of the molecule is CNC(=S)C(=NOC)c1ccccc1C(=NOC)c1cccc(OC(F)(F)F)c1. The number of thiocarbonyl (C=S) groups is 1. The number of hydrogen-bond acceptors (Lipinski definition) is 6. The molecule has 6 nitrogen and oxygen atoms in total. The van der Waals surface area contributed by atoms with Gasteiger partial charge in [0.15, 0.2) is 0 Å². The molecule has 0 atom stereocenters. The van der Waals surface area contributed by atoms with Gasteiger partial charge in [-0.3, -0.25) is 0 Å². The van der Waals surface area contributed by atoms with Crippen molar-refractivity contribution in [2.45, 2.75) is 6.36 Å². The van der Waals surface area contributed by atoms with Crippen LogP contribution >= 0.6 is 12.2 Å². The predicted molar refractivity (Wildman–Crippen MR) is 107 cm³/mol. The van der Waals surface area contributed by atoms with Gasteiger partial charge in [-0.2, -0.15) is 0 Å². The van der Waals surface area contributed by atoms with Crippen LogP contribution in [0.15, 0.2) is 58.8 Å². The highest BCUT2D eigenvalue weighted by Gasteiger charge is 2.31. The molecule has 2 aromatic carbocycles. The van der Waals surface area contributed by atoms with Gasteiger partial charge in [0.05, 0.1) is 0 Å². The first-order chi connectivity index (χ1) is 13.8. The van der Waals surface area contributed by atoms with Crippen LogP contribution in [-0.2, 0) is 9.68 Å². The van der Waals surface area contributed by atoms with E-state index in [2.05, 4.69) is 20.4 Å². The van der Waals surface area contributed by atoms with Crippen molar-refractivity contribution in [2.24, 2.45) is 10.3 Å². The van der Waals surface area contributed by atoms with E-state index >= 15 is 0 Å². The number of nitrogens with zero attached hydrogens (tertiary/aromatic N) is 2. The van der Waals surface area contributed by atoms with Crippen LogP contribution in [0.2, 0.25) is 0 Å². The fourth-order valence-corrected chi connectivity index (χ4v) is 2.66. The molecule has 0 aliphatic heterocycles. The summed E-state index contributed by atoms with van der Waals surface area (Å²) in [6, 6.07) is 12.4. The molecule has 0 bridgehead atoms. The van der Waals surface area contributed by atoms with E-state index in [-0.39, 0.29) is 11.5 Å². The summed E-state index contributed by atoms with van der Waals surface area (Å²) in [5, 5.41) is 10.8. The zero-order chi connectivity index (χ0) is 21.4. The molecule has 0 amide bonds. The van der Waals surface area contributed by atoms with E-state index in [1.807, 2.05) is 0 Å². The second-order valence-electron chi connectivity index (χ2n) is 5.45. The minimum atomic E-state index is -4.81. The Hall–Kier alpha value is -3.14. The van der Waals surface area contributed by atoms with Gasteiger partial charge in [-0.25, -0.2) is 0 Å². The molecule has 0 aliphatic carbocycles. The lowest BCUT2D eigenvalue weighted by molar-refractivity contribution is -0.274. The largest absolute Gasteiger partial charge is 0.573 e. The van der Waals surface area contributed by atoms with E-state index in [1.165, 1.54) is 32.4 Å². The summed E-state index contributed by atoms with van der Waals surface area (Å²) in [6.45, 7) is 0. The molecule has 1 N–H and O–H groups in total. The molecule has 0 heterocycles. The number of benzene rings is 2. The van der Waals surface area contributed by atoms with Crippen LogP contribution in [0.1, 0.15) is 16.7 Å². The summed E-state index contributed by atoms with van der Waals surface area (Å²) in [5.74, 6) is -0.382. The van der Waals surface area contributed by atoms with Crippen LogP contribution in [0.4, 0.5) is 13.2 Å². The fourth-order valence-electron chi connectivity index (χ4n) is 2.51. The molecule has 2 rings (SSSR count).